The molecule has 7 heteroatoms. The molecule has 1 unspecified atom stereocenters. The van der Waals surface area contributed by atoms with Gasteiger partial charge in [-0.3, -0.25) is 9.59 Å². The molecule has 2 amide bonds. The van der Waals surface area contributed by atoms with E-state index in [1.807, 2.05) is 4.90 Å². The lowest BCUT2D eigenvalue weighted by Gasteiger charge is -2.27. The van der Waals surface area contributed by atoms with Crippen molar-refractivity contribution in [3.63, 3.8) is 0 Å². The monoisotopic (exact) mass is 387 g/mol. The Bertz CT molecular complexity index is 576. The van der Waals surface area contributed by atoms with E-state index in [4.69, 9.17) is 5.73 Å². The lowest BCUT2D eigenvalue weighted by molar-refractivity contribution is -0.137. The van der Waals surface area contributed by atoms with E-state index < -0.39 is 0 Å². The van der Waals surface area contributed by atoms with Crippen LogP contribution in [0, 0.1) is 5.92 Å². The summed E-state index contributed by atoms with van der Waals surface area (Å²) in [6.45, 7) is 6.27. The van der Waals surface area contributed by atoms with E-state index in [1.54, 1.807) is 23.3 Å². The third-order valence-electron chi connectivity index (χ3n) is 4.79. The second kappa shape index (κ2) is 10.1. The zero-order valence-corrected chi connectivity index (χ0v) is 17.0. The second-order valence-corrected chi connectivity index (χ2v) is 7.95. The summed E-state index contributed by atoms with van der Waals surface area (Å²) in [5.74, 6) is 0.510. The van der Waals surface area contributed by atoms with E-state index in [0.717, 1.165) is 19.4 Å². The first-order chi connectivity index (χ1) is 11.4. The van der Waals surface area contributed by atoms with Gasteiger partial charge in [0, 0.05) is 50.4 Å². The molecule has 25 heavy (non-hydrogen) atoms. The van der Waals surface area contributed by atoms with Crippen LogP contribution >= 0.6 is 23.7 Å². The fourth-order valence-electron chi connectivity index (χ4n) is 2.82. The number of nitrogens with two attached hydrogens (primary N) is 1. The maximum atomic E-state index is 12.4. The van der Waals surface area contributed by atoms with Crippen molar-refractivity contribution < 1.29 is 9.59 Å². The Morgan fingerprint density at radius 2 is 2.08 bits per heavy atom. The van der Waals surface area contributed by atoms with Crippen molar-refractivity contribution in [3.05, 3.63) is 21.9 Å². The zero-order chi connectivity index (χ0) is 17.7. The van der Waals surface area contributed by atoms with Crippen LogP contribution in [0.3, 0.4) is 0 Å². The third kappa shape index (κ3) is 6.28. The van der Waals surface area contributed by atoms with Gasteiger partial charge in [0.15, 0.2) is 0 Å². The van der Waals surface area contributed by atoms with E-state index in [2.05, 4.69) is 25.3 Å². The molecule has 0 spiro atoms. The largest absolute Gasteiger partial charge is 0.346 e. The van der Waals surface area contributed by atoms with E-state index in [-0.39, 0.29) is 36.7 Å². The van der Waals surface area contributed by atoms with Crippen molar-refractivity contribution in [2.24, 2.45) is 11.7 Å². The molecular formula is C18H30ClN3O2S. The Balaban J connectivity index is 0.00000312. The molecule has 1 atom stereocenters. The SMILES string of the molecule is CC(C)C(N)CCN(C)C(=O)CCC(=O)N1CCc2sccc2C1.Cl. The van der Waals surface area contributed by atoms with E-state index in [1.165, 1.54) is 10.4 Å². The molecule has 0 bridgehead atoms. The maximum absolute atomic E-state index is 12.4. The number of rotatable bonds is 7. The topological polar surface area (TPSA) is 66.6 Å². The molecule has 0 saturated heterocycles. The molecule has 2 rings (SSSR count). The number of hydrogen-bond donors (Lipinski definition) is 1. The van der Waals surface area contributed by atoms with Gasteiger partial charge in [0.1, 0.15) is 0 Å². The number of carbonyl (C=O) groups is 2. The fourth-order valence-corrected chi connectivity index (χ4v) is 3.71. The molecule has 142 valence electrons. The number of hydrogen-bond acceptors (Lipinski definition) is 4. The highest BCUT2D eigenvalue weighted by Gasteiger charge is 2.22. The molecule has 1 aliphatic rings. The maximum Gasteiger partial charge on any atom is 0.223 e. The lowest BCUT2D eigenvalue weighted by Crippen LogP contribution is -2.37. The number of thiophene rings is 1. The van der Waals surface area contributed by atoms with Gasteiger partial charge in [0.05, 0.1) is 0 Å². The highest BCUT2D eigenvalue weighted by molar-refractivity contribution is 7.10. The molecule has 0 radical (unpaired) electrons. The van der Waals surface area contributed by atoms with Gasteiger partial charge in [-0.2, -0.15) is 0 Å². The predicted octanol–water partition coefficient (Wildman–Crippen LogP) is 2.67. The Morgan fingerprint density at radius 1 is 1.36 bits per heavy atom. The Labute approximate surface area is 161 Å². The van der Waals surface area contributed by atoms with Crippen LogP contribution in [0.25, 0.3) is 0 Å². The smallest absolute Gasteiger partial charge is 0.223 e. The van der Waals surface area contributed by atoms with Crippen LogP contribution in [0.5, 0.6) is 0 Å². The summed E-state index contributed by atoms with van der Waals surface area (Å²) in [5, 5.41) is 2.08. The minimum absolute atomic E-state index is 0. The summed E-state index contributed by atoms with van der Waals surface area (Å²) in [5.41, 5.74) is 7.27. The number of halogens is 1. The van der Waals surface area contributed by atoms with Gasteiger partial charge in [-0.15, -0.1) is 23.7 Å². The van der Waals surface area contributed by atoms with Gasteiger partial charge in [-0.1, -0.05) is 13.8 Å². The summed E-state index contributed by atoms with van der Waals surface area (Å²) in [4.78, 5) is 29.5. The zero-order valence-electron chi connectivity index (χ0n) is 15.4. The number of fused-ring (bicyclic) bond motifs is 1. The van der Waals surface area contributed by atoms with Crippen molar-refractivity contribution in [2.75, 3.05) is 20.1 Å². The van der Waals surface area contributed by atoms with Crippen LogP contribution in [0.2, 0.25) is 0 Å². The molecule has 1 aromatic heterocycles. The highest BCUT2D eigenvalue weighted by atomic mass is 35.5. The molecule has 0 saturated carbocycles. The first-order valence-electron chi connectivity index (χ1n) is 8.71. The highest BCUT2D eigenvalue weighted by Crippen LogP contribution is 2.24. The minimum Gasteiger partial charge on any atom is -0.346 e. The van der Waals surface area contributed by atoms with Crippen LogP contribution < -0.4 is 5.73 Å². The van der Waals surface area contributed by atoms with E-state index in [0.29, 0.717) is 25.4 Å². The van der Waals surface area contributed by atoms with Gasteiger partial charge in [0.25, 0.3) is 0 Å². The number of carbonyl (C=O) groups excluding carboxylic acids is 2. The fraction of sp³-hybridized carbons (Fsp3) is 0.667. The molecule has 2 heterocycles. The first-order valence-corrected chi connectivity index (χ1v) is 9.59. The number of nitrogens with zero attached hydrogens (tertiary/aromatic N) is 2. The van der Waals surface area contributed by atoms with Crippen LogP contribution in [-0.2, 0) is 22.6 Å². The molecule has 1 aliphatic heterocycles. The average Bonchev–Trinajstić information content (AvgIpc) is 3.04. The molecular weight excluding hydrogens is 358 g/mol. The lowest BCUT2D eigenvalue weighted by atomic mass is 10.0. The standard InChI is InChI=1S/C18H29N3O2S.ClH/c1-13(2)15(19)6-9-20(3)17(22)4-5-18(23)21-10-7-16-14(12-21)8-11-24-16;/h8,11,13,15H,4-7,9-10,12,19H2,1-3H3;1H. The average molecular weight is 388 g/mol. The van der Waals surface area contributed by atoms with Gasteiger partial charge in [-0.25, -0.2) is 0 Å². The number of amides is 2. The molecule has 0 aromatic carbocycles. The van der Waals surface area contributed by atoms with Crippen molar-refractivity contribution in [3.8, 4) is 0 Å². The van der Waals surface area contributed by atoms with Gasteiger partial charge in [-0.05, 0) is 35.8 Å². The third-order valence-corrected chi connectivity index (χ3v) is 5.82. The van der Waals surface area contributed by atoms with E-state index in [9.17, 15) is 9.59 Å². The van der Waals surface area contributed by atoms with Gasteiger partial charge >= 0.3 is 0 Å². The first kappa shape index (κ1) is 21.9. The van der Waals surface area contributed by atoms with Crippen molar-refractivity contribution >= 4 is 35.6 Å². The Hall–Kier alpha value is -1.11. The predicted molar refractivity (Wildman–Crippen MR) is 105 cm³/mol. The Morgan fingerprint density at radius 3 is 2.76 bits per heavy atom. The van der Waals surface area contributed by atoms with Crippen molar-refractivity contribution in [1.29, 1.82) is 0 Å². The summed E-state index contributed by atoms with van der Waals surface area (Å²) in [6, 6.07) is 2.20. The molecule has 2 N–H and O–H groups in total. The minimum atomic E-state index is 0. The normalized spacial score (nSPS) is 14.7. The van der Waals surface area contributed by atoms with Crippen molar-refractivity contribution in [1.82, 2.24) is 9.80 Å². The van der Waals surface area contributed by atoms with Crippen molar-refractivity contribution in [2.45, 2.75) is 52.1 Å². The molecule has 0 aliphatic carbocycles. The van der Waals surface area contributed by atoms with Crippen LogP contribution in [0.1, 0.15) is 43.6 Å². The van der Waals surface area contributed by atoms with E-state index >= 15 is 0 Å². The van der Waals surface area contributed by atoms with Crippen LogP contribution in [-0.4, -0.2) is 47.8 Å². The molecule has 1 aromatic rings. The molecule has 0 fully saturated rings. The second-order valence-electron chi connectivity index (χ2n) is 6.95. The summed E-state index contributed by atoms with van der Waals surface area (Å²) < 4.78 is 0. The summed E-state index contributed by atoms with van der Waals surface area (Å²) in [6.07, 6.45) is 2.29. The summed E-state index contributed by atoms with van der Waals surface area (Å²) in [7, 11) is 1.79. The quantitative estimate of drug-likeness (QED) is 0.782. The van der Waals surface area contributed by atoms with Gasteiger partial charge < -0.3 is 15.5 Å². The van der Waals surface area contributed by atoms with Crippen LogP contribution in [0.15, 0.2) is 11.4 Å². The summed E-state index contributed by atoms with van der Waals surface area (Å²) >= 11 is 1.76. The van der Waals surface area contributed by atoms with Crippen LogP contribution in [0.4, 0.5) is 0 Å². The Kier molecular flexibility index (Phi) is 8.89. The molecule has 5 nitrogen and oxygen atoms in total. The van der Waals surface area contributed by atoms with Gasteiger partial charge in [0.2, 0.25) is 11.8 Å².